The Hall–Kier alpha value is -0.610. The SMILES string of the molecule is C[C@H](NC1(CC(=O)O)CNC1)C1CCCCCC1. The van der Waals surface area contributed by atoms with E-state index in [4.69, 9.17) is 5.11 Å². The highest BCUT2D eigenvalue weighted by molar-refractivity contribution is 5.68. The van der Waals surface area contributed by atoms with Crippen LogP contribution in [-0.4, -0.2) is 35.7 Å². The molecule has 4 heteroatoms. The van der Waals surface area contributed by atoms with E-state index >= 15 is 0 Å². The number of rotatable bonds is 5. The van der Waals surface area contributed by atoms with Crippen LogP contribution in [0.2, 0.25) is 0 Å². The molecule has 1 atom stereocenters. The Labute approximate surface area is 110 Å². The smallest absolute Gasteiger partial charge is 0.305 e. The molecule has 4 nitrogen and oxygen atoms in total. The fraction of sp³-hybridized carbons (Fsp3) is 0.929. The van der Waals surface area contributed by atoms with Crippen molar-refractivity contribution < 1.29 is 9.90 Å². The van der Waals surface area contributed by atoms with Crippen LogP contribution in [0.1, 0.15) is 51.9 Å². The van der Waals surface area contributed by atoms with Gasteiger partial charge in [0.25, 0.3) is 0 Å². The molecule has 1 saturated heterocycles. The first-order valence-electron chi connectivity index (χ1n) is 7.31. The summed E-state index contributed by atoms with van der Waals surface area (Å²) in [6, 6.07) is 0.435. The average Bonchev–Trinajstić information content (AvgIpc) is 2.53. The molecule has 0 aromatic heterocycles. The molecule has 104 valence electrons. The van der Waals surface area contributed by atoms with E-state index in [0.717, 1.165) is 19.0 Å². The second-order valence-electron chi connectivity index (χ2n) is 6.14. The van der Waals surface area contributed by atoms with E-state index in [1.165, 1.54) is 38.5 Å². The van der Waals surface area contributed by atoms with Gasteiger partial charge in [0.15, 0.2) is 0 Å². The quantitative estimate of drug-likeness (QED) is 0.654. The van der Waals surface area contributed by atoms with Crippen LogP contribution >= 0.6 is 0 Å². The van der Waals surface area contributed by atoms with Gasteiger partial charge in [0.05, 0.1) is 12.0 Å². The monoisotopic (exact) mass is 254 g/mol. The Morgan fingerprint density at radius 1 is 1.33 bits per heavy atom. The molecule has 2 fully saturated rings. The van der Waals surface area contributed by atoms with Crippen LogP contribution in [0.3, 0.4) is 0 Å². The van der Waals surface area contributed by atoms with Gasteiger partial charge in [-0.25, -0.2) is 0 Å². The zero-order valence-electron chi connectivity index (χ0n) is 11.4. The lowest BCUT2D eigenvalue weighted by atomic mass is 9.84. The Balaban J connectivity index is 1.88. The average molecular weight is 254 g/mol. The number of aliphatic carboxylic acids is 1. The first-order chi connectivity index (χ1) is 8.61. The second-order valence-corrected chi connectivity index (χ2v) is 6.14. The van der Waals surface area contributed by atoms with Crippen molar-refractivity contribution in [3.8, 4) is 0 Å². The van der Waals surface area contributed by atoms with E-state index in [0.29, 0.717) is 6.04 Å². The van der Waals surface area contributed by atoms with Crippen LogP contribution in [0, 0.1) is 5.92 Å². The number of carboxylic acids is 1. The molecule has 0 spiro atoms. The Morgan fingerprint density at radius 2 is 1.94 bits per heavy atom. The molecular formula is C14H26N2O2. The summed E-state index contributed by atoms with van der Waals surface area (Å²) in [5.41, 5.74) is -0.197. The molecule has 3 N–H and O–H groups in total. The van der Waals surface area contributed by atoms with E-state index < -0.39 is 5.97 Å². The summed E-state index contributed by atoms with van der Waals surface area (Å²) >= 11 is 0. The minimum absolute atomic E-state index is 0.197. The predicted octanol–water partition coefficient (Wildman–Crippen LogP) is 1.75. The maximum Gasteiger partial charge on any atom is 0.305 e. The summed E-state index contributed by atoms with van der Waals surface area (Å²) in [5, 5.41) is 15.8. The van der Waals surface area contributed by atoms with Crippen molar-refractivity contribution in [3.63, 3.8) is 0 Å². The molecule has 1 aliphatic carbocycles. The third-order valence-corrected chi connectivity index (χ3v) is 4.56. The van der Waals surface area contributed by atoms with Crippen molar-refractivity contribution in [2.45, 2.75) is 63.5 Å². The van der Waals surface area contributed by atoms with Gasteiger partial charge < -0.3 is 15.7 Å². The van der Waals surface area contributed by atoms with Crippen molar-refractivity contribution >= 4 is 5.97 Å². The lowest BCUT2D eigenvalue weighted by Gasteiger charge is -2.45. The van der Waals surface area contributed by atoms with E-state index in [1.54, 1.807) is 0 Å². The fourth-order valence-corrected chi connectivity index (χ4v) is 3.41. The molecule has 0 radical (unpaired) electrons. The standard InChI is InChI=1S/C14H26N2O2/c1-11(12-6-4-2-3-5-7-12)16-14(8-13(17)18)9-15-10-14/h11-12,15-16H,2-10H2,1H3,(H,17,18)/t11-/m0/s1. The van der Waals surface area contributed by atoms with Gasteiger partial charge in [-0.2, -0.15) is 0 Å². The maximum atomic E-state index is 11.0. The molecule has 0 amide bonds. The normalized spacial score (nSPS) is 26.1. The van der Waals surface area contributed by atoms with Gasteiger partial charge >= 0.3 is 5.97 Å². The van der Waals surface area contributed by atoms with Crippen LogP contribution in [-0.2, 0) is 4.79 Å². The van der Waals surface area contributed by atoms with Gasteiger partial charge in [-0.05, 0) is 25.7 Å². The molecule has 1 saturated carbocycles. The highest BCUT2D eigenvalue weighted by atomic mass is 16.4. The number of carboxylic acid groups (broad SMARTS) is 1. The number of hydrogen-bond donors (Lipinski definition) is 3. The van der Waals surface area contributed by atoms with Crippen molar-refractivity contribution in [2.24, 2.45) is 5.92 Å². The summed E-state index contributed by atoms with van der Waals surface area (Å²) in [4.78, 5) is 11.0. The summed E-state index contributed by atoms with van der Waals surface area (Å²) in [6.45, 7) is 3.81. The lowest BCUT2D eigenvalue weighted by Crippen LogP contribution is -2.70. The number of carbonyl (C=O) groups is 1. The van der Waals surface area contributed by atoms with Gasteiger partial charge in [-0.15, -0.1) is 0 Å². The molecule has 0 bridgehead atoms. The lowest BCUT2D eigenvalue weighted by molar-refractivity contribution is -0.139. The largest absolute Gasteiger partial charge is 0.481 e. The van der Waals surface area contributed by atoms with Crippen LogP contribution < -0.4 is 10.6 Å². The van der Waals surface area contributed by atoms with Crippen molar-refractivity contribution in [1.82, 2.24) is 10.6 Å². The van der Waals surface area contributed by atoms with Crippen LogP contribution in [0.5, 0.6) is 0 Å². The minimum atomic E-state index is -0.697. The highest BCUT2D eigenvalue weighted by Crippen LogP contribution is 2.27. The molecule has 2 rings (SSSR count). The van der Waals surface area contributed by atoms with E-state index in [2.05, 4.69) is 17.6 Å². The number of nitrogens with one attached hydrogen (secondary N) is 2. The predicted molar refractivity (Wildman–Crippen MR) is 71.6 cm³/mol. The Morgan fingerprint density at radius 3 is 2.39 bits per heavy atom. The van der Waals surface area contributed by atoms with Gasteiger partial charge in [0.2, 0.25) is 0 Å². The molecule has 0 aromatic carbocycles. The summed E-state index contributed by atoms with van der Waals surface area (Å²) in [5.74, 6) is 0.0239. The highest BCUT2D eigenvalue weighted by Gasteiger charge is 2.40. The molecule has 2 aliphatic rings. The number of hydrogen-bond acceptors (Lipinski definition) is 3. The minimum Gasteiger partial charge on any atom is -0.481 e. The van der Waals surface area contributed by atoms with Crippen LogP contribution in [0.4, 0.5) is 0 Å². The first-order valence-corrected chi connectivity index (χ1v) is 7.31. The maximum absolute atomic E-state index is 11.0. The van der Waals surface area contributed by atoms with E-state index in [1.807, 2.05) is 0 Å². The third kappa shape index (κ3) is 3.45. The van der Waals surface area contributed by atoms with Crippen LogP contribution in [0.25, 0.3) is 0 Å². The molecule has 0 aromatic rings. The van der Waals surface area contributed by atoms with Gasteiger partial charge in [-0.3, -0.25) is 4.79 Å². The summed E-state index contributed by atoms with van der Waals surface area (Å²) in [7, 11) is 0. The van der Waals surface area contributed by atoms with E-state index in [9.17, 15) is 4.79 Å². The van der Waals surface area contributed by atoms with E-state index in [-0.39, 0.29) is 12.0 Å². The third-order valence-electron chi connectivity index (χ3n) is 4.56. The molecule has 0 unspecified atom stereocenters. The second kappa shape index (κ2) is 6.02. The topological polar surface area (TPSA) is 61.4 Å². The van der Waals surface area contributed by atoms with Crippen molar-refractivity contribution in [1.29, 1.82) is 0 Å². The summed E-state index contributed by atoms with van der Waals surface area (Å²) < 4.78 is 0. The molecule has 1 aliphatic heterocycles. The van der Waals surface area contributed by atoms with Crippen molar-refractivity contribution in [2.75, 3.05) is 13.1 Å². The molecule has 1 heterocycles. The van der Waals surface area contributed by atoms with Crippen LogP contribution in [0.15, 0.2) is 0 Å². The van der Waals surface area contributed by atoms with Gasteiger partial charge in [0.1, 0.15) is 0 Å². The van der Waals surface area contributed by atoms with Gasteiger partial charge in [0, 0.05) is 19.1 Å². The Kier molecular flexibility index (Phi) is 4.62. The molecule has 18 heavy (non-hydrogen) atoms. The van der Waals surface area contributed by atoms with Crippen molar-refractivity contribution in [3.05, 3.63) is 0 Å². The fourth-order valence-electron chi connectivity index (χ4n) is 3.41. The van der Waals surface area contributed by atoms with Gasteiger partial charge in [-0.1, -0.05) is 25.7 Å². The molecular weight excluding hydrogens is 228 g/mol. The zero-order chi connectivity index (χ0) is 13.0. The zero-order valence-corrected chi connectivity index (χ0v) is 11.4. The Bertz CT molecular complexity index is 282. The summed E-state index contributed by atoms with van der Waals surface area (Å²) in [6.07, 6.45) is 8.23. The first kappa shape index (κ1) is 13.8.